The Labute approximate surface area is 117 Å². The molecule has 1 aliphatic rings. The number of nitrogen functional groups attached to an aromatic ring is 1. The number of aliphatic hydroxyl groups excluding tert-OH is 1. The van der Waals surface area contributed by atoms with E-state index in [0.29, 0.717) is 15.7 Å². The number of carboxylic acids is 1. The highest BCUT2D eigenvalue weighted by atomic mass is 79.9. The molecular weight excluding hydrogens is 316 g/mol. The minimum atomic E-state index is -1.12. The molecule has 2 rings (SSSR count). The molecule has 0 aromatic heterocycles. The first-order chi connectivity index (χ1) is 8.88. The number of carboxylic acid groups (broad SMARTS) is 1. The summed E-state index contributed by atoms with van der Waals surface area (Å²) < 4.78 is 0.641. The van der Waals surface area contributed by atoms with Gasteiger partial charge in [-0.05, 0) is 18.2 Å². The highest BCUT2D eigenvalue weighted by Gasteiger charge is 2.39. The lowest BCUT2D eigenvalue weighted by Crippen LogP contribution is -2.40. The second kappa shape index (κ2) is 5.18. The number of carbonyl (C=O) groups excluding carboxylic acids is 1. The van der Waals surface area contributed by atoms with Crippen LogP contribution in [0.1, 0.15) is 16.8 Å². The van der Waals surface area contributed by atoms with Crippen LogP contribution in [0.2, 0.25) is 0 Å². The molecule has 19 heavy (non-hydrogen) atoms. The monoisotopic (exact) mass is 328 g/mol. The highest BCUT2D eigenvalue weighted by molar-refractivity contribution is 9.10. The molecule has 0 unspecified atom stereocenters. The molecule has 4 N–H and O–H groups in total. The molecule has 1 heterocycles. The first kappa shape index (κ1) is 13.8. The molecular formula is C12H13BrN2O4. The van der Waals surface area contributed by atoms with Crippen molar-refractivity contribution in [3.8, 4) is 0 Å². The fraction of sp³-hybridized carbons (Fsp3) is 0.333. The predicted molar refractivity (Wildman–Crippen MR) is 71.6 cm³/mol. The zero-order valence-electron chi connectivity index (χ0n) is 9.91. The number of hydrogen-bond donors (Lipinski definition) is 3. The van der Waals surface area contributed by atoms with E-state index in [2.05, 4.69) is 15.9 Å². The van der Waals surface area contributed by atoms with Gasteiger partial charge >= 0.3 is 5.97 Å². The van der Waals surface area contributed by atoms with Crippen molar-refractivity contribution < 1.29 is 19.8 Å². The molecule has 6 nitrogen and oxygen atoms in total. The van der Waals surface area contributed by atoms with Gasteiger partial charge in [0.2, 0.25) is 0 Å². The number of rotatable bonds is 2. The average Bonchev–Trinajstić information content (AvgIpc) is 2.69. The lowest BCUT2D eigenvalue weighted by molar-refractivity contribution is -0.141. The highest BCUT2D eigenvalue weighted by Crippen LogP contribution is 2.24. The summed E-state index contributed by atoms with van der Waals surface area (Å²) in [5.41, 5.74) is 6.36. The van der Waals surface area contributed by atoms with Crippen LogP contribution in [0.5, 0.6) is 0 Å². The molecule has 0 aliphatic carbocycles. The Morgan fingerprint density at radius 3 is 2.63 bits per heavy atom. The SMILES string of the molecule is Nc1cc(Br)cc(C(=O)N2C[C@H](O)C[C@H]2C(=O)O)c1. The van der Waals surface area contributed by atoms with Crippen molar-refractivity contribution in [2.45, 2.75) is 18.6 Å². The van der Waals surface area contributed by atoms with Gasteiger partial charge < -0.3 is 20.8 Å². The van der Waals surface area contributed by atoms with Crippen molar-refractivity contribution in [3.63, 3.8) is 0 Å². The third kappa shape index (κ3) is 2.87. The van der Waals surface area contributed by atoms with Crippen molar-refractivity contribution in [3.05, 3.63) is 28.2 Å². The van der Waals surface area contributed by atoms with E-state index in [0.717, 1.165) is 4.90 Å². The standard InChI is InChI=1S/C12H13BrN2O4/c13-7-1-6(2-8(14)3-7)11(17)15-5-9(16)4-10(15)12(18)19/h1-3,9-10,16H,4-5,14H2,(H,18,19)/t9-,10+/m1/s1. The van der Waals surface area contributed by atoms with E-state index < -0.39 is 24.0 Å². The molecule has 1 amide bonds. The van der Waals surface area contributed by atoms with Crippen LogP contribution in [0.15, 0.2) is 22.7 Å². The third-order valence-corrected chi connectivity index (χ3v) is 3.45. The molecule has 0 saturated carbocycles. The van der Waals surface area contributed by atoms with Gasteiger partial charge in [-0.2, -0.15) is 0 Å². The Kier molecular flexibility index (Phi) is 3.77. The fourth-order valence-corrected chi connectivity index (χ4v) is 2.68. The molecule has 1 aliphatic heterocycles. The summed E-state index contributed by atoms with van der Waals surface area (Å²) >= 11 is 3.23. The Morgan fingerprint density at radius 1 is 1.37 bits per heavy atom. The van der Waals surface area contributed by atoms with Gasteiger partial charge in [0, 0.05) is 28.7 Å². The Balaban J connectivity index is 2.30. The summed E-state index contributed by atoms with van der Waals surface area (Å²) in [6.07, 6.45) is -0.764. The molecule has 2 atom stereocenters. The number of amides is 1. The number of β-amino-alcohol motifs (C(OH)–C–C–N with tert-alkyl or cyclic N) is 1. The normalized spacial score (nSPS) is 22.5. The number of benzene rings is 1. The Bertz CT molecular complexity index is 514. The van der Waals surface area contributed by atoms with Gasteiger partial charge in [0.25, 0.3) is 5.91 Å². The van der Waals surface area contributed by atoms with Gasteiger partial charge in [0.1, 0.15) is 6.04 Å². The van der Waals surface area contributed by atoms with Gasteiger partial charge in [-0.1, -0.05) is 15.9 Å². The molecule has 1 aromatic rings. The third-order valence-electron chi connectivity index (χ3n) is 2.99. The summed E-state index contributed by atoms with van der Waals surface area (Å²) in [5.74, 6) is -1.56. The lowest BCUT2D eigenvalue weighted by Gasteiger charge is -2.21. The van der Waals surface area contributed by atoms with Crippen LogP contribution >= 0.6 is 15.9 Å². The summed E-state index contributed by atoms with van der Waals surface area (Å²) in [4.78, 5) is 24.5. The minimum absolute atomic E-state index is 0.0161. The smallest absolute Gasteiger partial charge is 0.326 e. The maximum Gasteiger partial charge on any atom is 0.326 e. The quantitative estimate of drug-likeness (QED) is 0.693. The first-order valence-electron chi connectivity index (χ1n) is 5.66. The Morgan fingerprint density at radius 2 is 2.05 bits per heavy atom. The van der Waals surface area contributed by atoms with E-state index in [1.165, 1.54) is 6.07 Å². The van der Waals surface area contributed by atoms with E-state index in [1.54, 1.807) is 12.1 Å². The molecule has 1 fully saturated rings. The zero-order chi connectivity index (χ0) is 14.2. The van der Waals surface area contributed by atoms with Crippen molar-refractivity contribution in [2.24, 2.45) is 0 Å². The average molecular weight is 329 g/mol. The first-order valence-corrected chi connectivity index (χ1v) is 6.45. The molecule has 1 saturated heterocycles. The van der Waals surface area contributed by atoms with Gasteiger partial charge in [0.15, 0.2) is 0 Å². The fourth-order valence-electron chi connectivity index (χ4n) is 2.17. The molecule has 0 bridgehead atoms. The summed E-state index contributed by atoms with van der Waals surface area (Å²) in [7, 11) is 0. The molecule has 0 spiro atoms. The van der Waals surface area contributed by atoms with Crippen molar-refractivity contribution >= 4 is 33.5 Å². The lowest BCUT2D eigenvalue weighted by atomic mass is 10.1. The van der Waals surface area contributed by atoms with Gasteiger partial charge in [0.05, 0.1) is 6.10 Å². The van der Waals surface area contributed by atoms with Crippen LogP contribution < -0.4 is 5.73 Å². The van der Waals surface area contributed by atoms with Crippen LogP contribution in [0.4, 0.5) is 5.69 Å². The van der Waals surface area contributed by atoms with Crippen molar-refractivity contribution in [2.75, 3.05) is 12.3 Å². The number of carbonyl (C=O) groups is 2. The van der Waals surface area contributed by atoms with E-state index in [-0.39, 0.29) is 13.0 Å². The minimum Gasteiger partial charge on any atom is -0.480 e. The second-order valence-corrected chi connectivity index (χ2v) is 5.39. The molecule has 7 heteroatoms. The second-order valence-electron chi connectivity index (χ2n) is 4.47. The van der Waals surface area contributed by atoms with E-state index >= 15 is 0 Å². The summed E-state index contributed by atoms with van der Waals surface area (Å²) in [6.45, 7) is 0.0161. The van der Waals surface area contributed by atoms with Crippen LogP contribution in [0, 0.1) is 0 Å². The number of nitrogens with two attached hydrogens (primary N) is 1. The molecule has 0 radical (unpaired) electrons. The van der Waals surface area contributed by atoms with Crippen molar-refractivity contribution in [1.29, 1.82) is 0 Å². The number of likely N-dealkylation sites (tertiary alicyclic amines) is 1. The molecule has 1 aromatic carbocycles. The van der Waals surface area contributed by atoms with Crippen LogP contribution in [-0.4, -0.2) is 45.7 Å². The topological polar surface area (TPSA) is 104 Å². The maximum absolute atomic E-state index is 12.3. The summed E-state index contributed by atoms with van der Waals surface area (Å²) in [6, 6.07) is 3.70. The van der Waals surface area contributed by atoms with Gasteiger partial charge in [-0.25, -0.2) is 4.79 Å². The van der Waals surface area contributed by atoms with E-state index in [9.17, 15) is 14.7 Å². The Hall–Kier alpha value is -1.60. The van der Waals surface area contributed by atoms with Crippen LogP contribution in [0.3, 0.4) is 0 Å². The number of nitrogens with zero attached hydrogens (tertiary/aromatic N) is 1. The van der Waals surface area contributed by atoms with E-state index in [1.807, 2.05) is 0 Å². The number of aliphatic hydroxyl groups is 1. The summed E-state index contributed by atoms with van der Waals surface area (Å²) in [5, 5.41) is 18.6. The zero-order valence-corrected chi connectivity index (χ0v) is 11.5. The number of hydrogen-bond acceptors (Lipinski definition) is 4. The number of aliphatic carboxylic acids is 1. The van der Waals surface area contributed by atoms with Gasteiger partial charge in [-0.3, -0.25) is 4.79 Å². The van der Waals surface area contributed by atoms with Crippen molar-refractivity contribution in [1.82, 2.24) is 4.90 Å². The number of halogens is 1. The van der Waals surface area contributed by atoms with Crippen LogP contribution in [-0.2, 0) is 4.79 Å². The molecule has 102 valence electrons. The van der Waals surface area contributed by atoms with E-state index in [4.69, 9.17) is 10.8 Å². The largest absolute Gasteiger partial charge is 0.480 e. The maximum atomic E-state index is 12.3. The predicted octanol–water partition coefficient (Wildman–Crippen LogP) is 0.691. The van der Waals surface area contributed by atoms with Crippen LogP contribution in [0.25, 0.3) is 0 Å². The van der Waals surface area contributed by atoms with Gasteiger partial charge in [-0.15, -0.1) is 0 Å². The number of anilines is 1.